The average Bonchev–Trinajstić information content (AvgIpc) is 2.70. The Balaban J connectivity index is 1.69. The van der Waals surface area contributed by atoms with E-state index in [-0.39, 0.29) is 12.5 Å². The normalized spacial score (nSPS) is 10.6. The van der Waals surface area contributed by atoms with Crippen LogP contribution in [0.25, 0.3) is 0 Å². The van der Waals surface area contributed by atoms with Gasteiger partial charge in [-0.15, -0.1) is 0 Å². The number of halogens is 1. The Hall–Kier alpha value is -3.12. The van der Waals surface area contributed by atoms with Crippen LogP contribution in [0.4, 0.5) is 17.2 Å². The van der Waals surface area contributed by atoms with E-state index in [4.69, 9.17) is 16.3 Å². The van der Waals surface area contributed by atoms with Gasteiger partial charge in [-0.05, 0) is 68.1 Å². The summed E-state index contributed by atoms with van der Waals surface area (Å²) in [6.45, 7) is 7.68. The zero-order chi connectivity index (χ0) is 21.7. The molecule has 2 N–H and O–H groups in total. The summed E-state index contributed by atoms with van der Waals surface area (Å²) in [6, 6.07) is 11.4. The van der Waals surface area contributed by atoms with Gasteiger partial charge in [0.1, 0.15) is 17.9 Å². The number of benzene rings is 2. The lowest BCUT2D eigenvalue weighted by atomic mass is 10.1. The molecule has 3 rings (SSSR count). The fraction of sp³-hybridized carbons (Fsp3) is 0.261. The maximum absolute atomic E-state index is 12.5. The Kier molecular flexibility index (Phi) is 6.90. The molecule has 1 heterocycles. The Bertz CT molecular complexity index is 1050. The van der Waals surface area contributed by atoms with E-state index in [1.165, 1.54) is 6.33 Å². The molecule has 0 saturated heterocycles. The quantitative estimate of drug-likeness (QED) is 0.532. The summed E-state index contributed by atoms with van der Waals surface area (Å²) >= 11 is 6.19. The summed E-state index contributed by atoms with van der Waals surface area (Å²) in [5, 5.41) is 6.90. The van der Waals surface area contributed by atoms with E-state index in [2.05, 4.69) is 20.6 Å². The van der Waals surface area contributed by atoms with Crippen molar-refractivity contribution < 1.29 is 9.53 Å². The number of anilines is 3. The van der Waals surface area contributed by atoms with Gasteiger partial charge in [-0.2, -0.15) is 0 Å². The minimum Gasteiger partial charge on any atom is -0.484 e. The van der Waals surface area contributed by atoms with Crippen molar-refractivity contribution in [1.82, 2.24) is 9.97 Å². The molecule has 0 saturated carbocycles. The van der Waals surface area contributed by atoms with Crippen molar-refractivity contribution in [2.45, 2.75) is 34.1 Å². The fourth-order valence-corrected chi connectivity index (χ4v) is 3.18. The number of carbonyl (C=O) groups excluding carboxylic acids is 1. The zero-order valence-corrected chi connectivity index (χ0v) is 18.3. The van der Waals surface area contributed by atoms with Crippen LogP contribution in [-0.2, 0) is 11.2 Å². The number of ether oxygens (including phenoxy) is 1. The second-order valence-electron chi connectivity index (χ2n) is 7.10. The van der Waals surface area contributed by atoms with Gasteiger partial charge < -0.3 is 15.4 Å². The molecule has 0 bridgehead atoms. The molecule has 0 radical (unpaired) electrons. The number of carbonyl (C=O) groups is 1. The molecule has 7 heteroatoms. The van der Waals surface area contributed by atoms with Gasteiger partial charge in [0, 0.05) is 28.2 Å². The second-order valence-corrected chi connectivity index (χ2v) is 7.48. The van der Waals surface area contributed by atoms with Gasteiger partial charge in [-0.3, -0.25) is 4.79 Å². The Morgan fingerprint density at radius 2 is 1.80 bits per heavy atom. The average molecular weight is 425 g/mol. The summed E-state index contributed by atoms with van der Waals surface area (Å²) < 4.78 is 5.67. The summed E-state index contributed by atoms with van der Waals surface area (Å²) in [5.41, 5.74) is 5.30. The van der Waals surface area contributed by atoms with Gasteiger partial charge in [-0.1, -0.05) is 24.6 Å². The maximum atomic E-state index is 12.5. The van der Waals surface area contributed by atoms with Crippen molar-refractivity contribution in [1.29, 1.82) is 0 Å². The highest BCUT2D eigenvalue weighted by atomic mass is 35.5. The summed E-state index contributed by atoms with van der Waals surface area (Å²) in [7, 11) is 0. The Labute approximate surface area is 181 Å². The number of amides is 1. The highest BCUT2D eigenvalue weighted by Gasteiger charge is 2.10. The van der Waals surface area contributed by atoms with Crippen LogP contribution >= 0.6 is 11.6 Å². The first kappa shape index (κ1) is 21.6. The van der Waals surface area contributed by atoms with E-state index in [0.717, 1.165) is 40.2 Å². The van der Waals surface area contributed by atoms with E-state index in [1.54, 1.807) is 0 Å². The first-order valence-corrected chi connectivity index (χ1v) is 10.1. The van der Waals surface area contributed by atoms with Crippen LogP contribution in [0.15, 0.2) is 42.7 Å². The molecule has 156 valence electrons. The molecule has 0 aliphatic carbocycles. The number of nitrogens with zero attached hydrogens (tertiary/aromatic N) is 2. The van der Waals surface area contributed by atoms with Crippen molar-refractivity contribution in [2.75, 3.05) is 17.2 Å². The second kappa shape index (κ2) is 9.59. The molecule has 2 aromatic carbocycles. The first-order valence-electron chi connectivity index (χ1n) is 9.73. The molecular formula is C23H25ClN4O2. The lowest BCUT2D eigenvalue weighted by Crippen LogP contribution is -2.21. The van der Waals surface area contributed by atoms with Crippen LogP contribution in [0.1, 0.15) is 29.3 Å². The van der Waals surface area contributed by atoms with Gasteiger partial charge in [0.05, 0.1) is 0 Å². The number of rotatable bonds is 7. The fourth-order valence-electron chi connectivity index (χ4n) is 3.07. The van der Waals surface area contributed by atoms with E-state index in [1.807, 2.05) is 64.1 Å². The maximum Gasteiger partial charge on any atom is 0.262 e. The lowest BCUT2D eigenvalue weighted by molar-refractivity contribution is -0.118. The molecule has 3 aromatic rings. The molecule has 1 aromatic heterocycles. The molecule has 0 fully saturated rings. The minimum absolute atomic E-state index is 0.0908. The van der Waals surface area contributed by atoms with Crippen molar-refractivity contribution in [3.05, 3.63) is 70.1 Å². The van der Waals surface area contributed by atoms with E-state index < -0.39 is 0 Å². The van der Waals surface area contributed by atoms with Crippen LogP contribution in [0.2, 0.25) is 5.02 Å². The largest absolute Gasteiger partial charge is 0.484 e. The summed E-state index contributed by atoms with van der Waals surface area (Å²) in [5.74, 6) is 1.08. The van der Waals surface area contributed by atoms with E-state index in [9.17, 15) is 4.79 Å². The lowest BCUT2D eigenvalue weighted by Gasteiger charge is -2.14. The van der Waals surface area contributed by atoms with Crippen LogP contribution in [0.5, 0.6) is 5.75 Å². The molecule has 0 aliphatic rings. The number of aryl methyl sites for hydroxylation is 4. The summed E-state index contributed by atoms with van der Waals surface area (Å²) in [4.78, 5) is 20.8. The standard InChI is InChI=1S/C23H25ClN4O2/c1-5-17-6-7-18(27-21-10-16(4)25-13-26-21)11-20(17)28-22(29)12-30-19-8-14(2)23(24)15(3)9-19/h6-11,13H,5,12H2,1-4H3,(H,28,29)(H,25,26,27). The number of nitrogens with one attached hydrogen (secondary N) is 2. The number of hydrogen-bond donors (Lipinski definition) is 2. The first-order chi connectivity index (χ1) is 14.4. The van der Waals surface area contributed by atoms with Crippen LogP contribution in [0.3, 0.4) is 0 Å². The highest BCUT2D eigenvalue weighted by Crippen LogP contribution is 2.26. The van der Waals surface area contributed by atoms with Crippen LogP contribution < -0.4 is 15.4 Å². The van der Waals surface area contributed by atoms with Crippen LogP contribution in [0, 0.1) is 20.8 Å². The molecule has 6 nitrogen and oxygen atoms in total. The van der Waals surface area contributed by atoms with E-state index >= 15 is 0 Å². The number of aromatic nitrogens is 2. The van der Waals surface area contributed by atoms with Crippen molar-refractivity contribution in [3.63, 3.8) is 0 Å². The SMILES string of the molecule is CCc1ccc(Nc2cc(C)ncn2)cc1NC(=O)COc1cc(C)c(Cl)c(C)c1. The third-order valence-electron chi connectivity index (χ3n) is 4.62. The third-order valence-corrected chi connectivity index (χ3v) is 5.22. The van der Waals surface area contributed by atoms with Gasteiger partial charge in [0.2, 0.25) is 0 Å². The van der Waals surface area contributed by atoms with Crippen molar-refractivity contribution >= 4 is 34.7 Å². The molecule has 1 amide bonds. The zero-order valence-electron chi connectivity index (χ0n) is 17.5. The van der Waals surface area contributed by atoms with Crippen molar-refractivity contribution in [3.8, 4) is 5.75 Å². The monoisotopic (exact) mass is 424 g/mol. The molecular weight excluding hydrogens is 400 g/mol. The Morgan fingerprint density at radius 3 is 2.47 bits per heavy atom. The topological polar surface area (TPSA) is 76.1 Å². The van der Waals surface area contributed by atoms with Gasteiger partial charge in [0.15, 0.2) is 6.61 Å². The van der Waals surface area contributed by atoms with Gasteiger partial charge in [-0.25, -0.2) is 9.97 Å². The predicted octanol–water partition coefficient (Wildman–Crippen LogP) is 5.38. The highest BCUT2D eigenvalue weighted by molar-refractivity contribution is 6.32. The van der Waals surface area contributed by atoms with Gasteiger partial charge >= 0.3 is 0 Å². The minimum atomic E-state index is -0.231. The summed E-state index contributed by atoms with van der Waals surface area (Å²) in [6.07, 6.45) is 2.30. The predicted molar refractivity (Wildman–Crippen MR) is 121 cm³/mol. The van der Waals surface area contributed by atoms with Crippen molar-refractivity contribution in [2.24, 2.45) is 0 Å². The van der Waals surface area contributed by atoms with E-state index in [0.29, 0.717) is 16.6 Å². The molecule has 0 atom stereocenters. The third kappa shape index (κ3) is 5.48. The Morgan fingerprint density at radius 1 is 1.07 bits per heavy atom. The molecule has 30 heavy (non-hydrogen) atoms. The molecule has 0 spiro atoms. The number of hydrogen-bond acceptors (Lipinski definition) is 5. The smallest absolute Gasteiger partial charge is 0.262 e. The van der Waals surface area contributed by atoms with Crippen LogP contribution in [-0.4, -0.2) is 22.5 Å². The van der Waals surface area contributed by atoms with Gasteiger partial charge in [0.25, 0.3) is 5.91 Å². The molecule has 0 unspecified atom stereocenters. The molecule has 0 aliphatic heterocycles.